The average molecular weight is 274 g/mol. The zero-order valence-electron chi connectivity index (χ0n) is 11.4. The van der Waals surface area contributed by atoms with Gasteiger partial charge in [-0.3, -0.25) is 9.79 Å². The molecule has 106 valence electrons. The van der Waals surface area contributed by atoms with Gasteiger partial charge < -0.3 is 15.6 Å². The molecule has 3 N–H and O–H groups in total. The molecular weight excluding hydrogens is 256 g/mol. The number of rotatable bonds is 5. The highest BCUT2D eigenvalue weighted by molar-refractivity contribution is 6.06. The Bertz CT molecular complexity index is 564. The molecule has 0 spiro atoms. The van der Waals surface area contributed by atoms with Crippen molar-refractivity contribution in [1.29, 1.82) is 0 Å². The number of nitrogens with two attached hydrogens (primary N) is 1. The monoisotopic (exact) mass is 274 g/mol. The van der Waals surface area contributed by atoms with E-state index < -0.39 is 12.1 Å². The molecule has 1 amide bonds. The van der Waals surface area contributed by atoms with Crippen molar-refractivity contribution in [3.05, 3.63) is 41.5 Å². The highest BCUT2D eigenvalue weighted by atomic mass is 16.5. The van der Waals surface area contributed by atoms with Crippen molar-refractivity contribution in [2.45, 2.75) is 26.0 Å². The molecule has 1 aliphatic rings. The number of aliphatic hydroxyl groups is 1. The van der Waals surface area contributed by atoms with Gasteiger partial charge in [-0.25, -0.2) is 0 Å². The SMILES string of the molecule is CCCOc1ccccc1C1=NC(O)C(C(N)=O)=CC1. The Hall–Kier alpha value is -2.14. The first-order valence-electron chi connectivity index (χ1n) is 6.60. The molecule has 1 atom stereocenters. The van der Waals surface area contributed by atoms with Crippen molar-refractivity contribution >= 4 is 11.6 Å². The van der Waals surface area contributed by atoms with Crippen LogP contribution in [0.15, 0.2) is 40.9 Å². The second-order valence-corrected chi connectivity index (χ2v) is 4.52. The van der Waals surface area contributed by atoms with Crippen LogP contribution in [0.5, 0.6) is 5.75 Å². The van der Waals surface area contributed by atoms with Crippen molar-refractivity contribution in [3.63, 3.8) is 0 Å². The van der Waals surface area contributed by atoms with Crippen molar-refractivity contribution < 1.29 is 14.6 Å². The number of carbonyl (C=O) groups is 1. The lowest BCUT2D eigenvalue weighted by atomic mass is 10.0. The van der Waals surface area contributed by atoms with Gasteiger partial charge in [0.25, 0.3) is 0 Å². The standard InChI is InChI=1S/C15H18N2O3/c1-2-9-20-13-6-4-3-5-10(13)12-8-7-11(14(16)18)15(19)17-12/h3-7,15,19H,2,8-9H2,1H3,(H2,16,18). The highest BCUT2D eigenvalue weighted by Crippen LogP contribution is 2.24. The predicted octanol–water partition coefficient (Wildman–Crippen LogP) is 1.40. The zero-order chi connectivity index (χ0) is 14.5. The molecule has 0 saturated carbocycles. The molecule has 0 aromatic heterocycles. The van der Waals surface area contributed by atoms with Crippen molar-refractivity contribution in [2.75, 3.05) is 6.61 Å². The Morgan fingerprint density at radius 3 is 2.90 bits per heavy atom. The fraction of sp³-hybridized carbons (Fsp3) is 0.333. The maximum Gasteiger partial charge on any atom is 0.248 e. The number of primary amides is 1. The lowest BCUT2D eigenvalue weighted by Gasteiger charge is -2.18. The molecule has 0 saturated heterocycles. The number of allylic oxidation sites excluding steroid dienone is 1. The van der Waals surface area contributed by atoms with E-state index in [9.17, 15) is 9.90 Å². The summed E-state index contributed by atoms with van der Waals surface area (Å²) in [6, 6.07) is 7.53. The quantitative estimate of drug-likeness (QED) is 0.851. The number of para-hydroxylation sites is 1. The maximum atomic E-state index is 11.1. The summed E-state index contributed by atoms with van der Waals surface area (Å²) in [6.07, 6.45) is 1.78. The van der Waals surface area contributed by atoms with Gasteiger partial charge in [-0.2, -0.15) is 0 Å². The molecule has 2 rings (SSSR count). The molecule has 20 heavy (non-hydrogen) atoms. The molecule has 1 aromatic carbocycles. The van der Waals surface area contributed by atoms with Crippen LogP contribution in [-0.4, -0.2) is 29.6 Å². The number of aliphatic hydroxyl groups excluding tert-OH is 1. The van der Waals surface area contributed by atoms with E-state index in [-0.39, 0.29) is 5.57 Å². The summed E-state index contributed by atoms with van der Waals surface area (Å²) >= 11 is 0. The fourth-order valence-electron chi connectivity index (χ4n) is 2.03. The van der Waals surface area contributed by atoms with Crippen LogP contribution in [0.2, 0.25) is 0 Å². The van der Waals surface area contributed by atoms with Gasteiger partial charge in [0.05, 0.1) is 17.9 Å². The van der Waals surface area contributed by atoms with Gasteiger partial charge >= 0.3 is 0 Å². The second kappa shape index (κ2) is 6.34. The number of aliphatic imine (C=N–C) groups is 1. The van der Waals surface area contributed by atoms with Crippen LogP contribution in [0.4, 0.5) is 0 Å². The Balaban J connectivity index is 2.25. The van der Waals surface area contributed by atoms with Crippen molar-refractivity contribution in [1.82, 2.24) is 0 Å². The van der Waals surface area contributed by atoms with E-state index in [0.717, 1.165) is 17.7 Å². The van der Waals surface area contributed by atoms with E-state index >= 15 is 0 Å². The Morgan fingerprint density at radius 1 is 1.50 bits per heavy atom. The van der Waals surface area contributed by atoms with Crippen LogP contribution < -0.4 is 10.5 Å². The lowest BCUT2D eigenvalue weighted by molar-refractivity contribution is -0.115. The first-order valence-corrected chi connectivity index (χ1v) is 6.60. The third-order valence-electron chi connectivity index (χ3n) is 3.02. The molecule has 1 aromatic rings. The van der Waals surface area contributed by atoms with E-state index in [1.165, 1.54) is 0 Å². The predicted molar refractivity (Wildman–Crippen MR) is 76.7 cm³/mol. The minimum absolute atomic E-state index is 0.140. The molecule has 1 heterocycles. The van der Waals surface area contributed by atoms with E-state index in [0.29, 0.717) is 18.7 Å². The van der Waals surface area contributed by atoms with Crippen molar-refractivity contribution in [3.8, 4) is 5.75 Å². The first kappa shape index (κ1) is 14.3. The molecule has 0 aliphatic carbocycles. The summed E-state index contributed by atoms with van der Waals surface area (Å²) in [5, 5.41) is 9.84. The van der Waals surface area contributed by atoms with E-state index in [2.05, 4.69) is 4.99 Å². The number of ether oxygens (including phenoxy) is 1. The first-order chi connectivity index (χ1) is 9.63. The van der Waals surface area contributed by atoms with Gasteiger partial charge in [0.1, 0.15) is 5.75 Å². The van der Waals surface area contributed by atoms with Gasteiger partial charge in [0, 0.05) is 12.0 Å². The Kier molecular flexibility index (Phi) is 4.53. The number of nitrogens with zero attached hydrogens (tertiary/aromatic N) is 1. The zero-order valence-corrected chi connectivity index (χ0v) is 11.4. The topological polar surface area (TPSA) is 84.9 Å². The highest BCUT2D eigenvalue weighted by Gasteiger charge is 2.22. The number of amides is 1. The Morgan fingerprint density at radius 2 is 2.25 bits per heavy atom. The van der Waals surface area contributed by atoms with Crippen LogP contribution in [0.25, 0.3) is 0 Å². The lowest BCUT2D eigenvalue weighted by Crippen LogP contribution is -2.27. The number of benzene rings is 1. The molecular formula is C15H18N2O3. The van der Waals surface area contributed by atoms with Crippen LogP contribution in [0.1, 0.15) is 25.3 Å². The third kappa shape index (κ3) is 3.05. The number of hydrogen-bond donors (Lipinski definition) is 2. The van der Waals surface area contributed by atoms with E-state index in [4.69, 9.17) is 10.5 Å². The molecule has 0 fully saturated rings. The molecule has 0 bridgehead atoms. The summed E-state index contributed by atoms with van der Waals surface area (Å²) in [4.78, 5) is 15.3. The summed E-state index contributed by atoms with van der Waals surface area (Å²) in [6.45, 7) is 2.65. The van der Waals surface area contributed by atoms with Gasteiger partial charge in [0.15, 0.2) is 6.23 Å². The maximum absolute atomic E-state index is 11.1. The molecule has 5 heteroatoms. The summed E-state index contributed by atoms with van der Waals surface area (Å²) < 4.78 is 5.67. The van der Waals surface area contributed by atoms with Crippen molar-refractivity contribution in [2.24, 2.45) is 10.7 Å². The van der Waals surface area contributed by atoms with E-state index in [1.54, 1.807) is 6.08 Å². The minimum Gasteiger partial charge on any atom is -0.493 e. The largest absolute Gasteiger partial charge is 0.493 e. The molecule has 1 aliphatic heterocycles. The molecule has 0 radical (unpaired) electrons. The Labute approximate surface area is 117 Å². The van der Waals surface area contributed by atoms with Crippen LogP contribution >= 0.6 is 0 Å². The van der Waals surface area contributed by atoms with Gasteiger partial charge in [-0.15, -0.1) is 0 Å². The summed E-state index contributed by atoms with van der Waals surface area (Å²) in [7, 11) is 0. The minimum atomic E-state index is -1.20. The van der Waals surface area contributed by atoms with Crippen LogP contribution in [0.3, 0.4) is 0 Å². The van der Waals surface area contributed by atoms with Gasteiger partial charge in [0.2, 0.25) is 5.91 Å². The third-order valence-corrected chi connectivity index (χ3v) is 3.02. The van der Waals surface area contributed by atoms with Gasteiger partial charge in [-0.1, -0.05) is 25.1 Å². The summed E-state index contributed by atoms with van der Waals surface area (Å²) in [5.41, 5.74) is 6.84. The number of dihydropyridines is 1. The molecule has 5 nitrogen and oxygen atoms in total. The van der Waals surface area contributed by atoms with Crippen LogP contribution in [-0.2, 0) is 4.79 Å². The van der Waals surface area contributed by atoms with E-state index in [1.807, 2.05) is 31.2 Å². The second-order valence-electron chi connectivity index (χ2n) is 4.52. The van der Waals surface area contributed by atoms with Gasteiger partial charge in [-0.05, 0) is 18.6 Å². The summed E-state index contributed by atoms with van der Waals surface area (Å²) in [5.74, 6) is 0.0899. The number of carbonyl (C=O) groups excluding carboxylic acids is 1. The number of hydrogen-bond acceptors (Lipinski definition) is 4. The smallest absolute Gasteiger partial charge is 0.248 e. The normalized spacial score (nSPS) is 18.2. The van der Waals surface area contributed by atoms with Crippen LogP contribution in [0, 0.1) is 0 Å². The fourth-order valence-corrected chi connectivity index (χ4v) is 2.03. The average Bonchev–Trinajstić information content (AvgIpc) is 2.45. The molecule has 1 unspecified atom stereocenters.